The van der Waals surface area contributed by atoms with Gasteiger partial charge in [-0.1, -0.05) is 12.7 Å². The zero-order valence-corrected chi connectivity index (χ0v) is 11.6. The molecule has 0 aliphatic rings. The molecule has 0 heterocycles. The molecule has 0 aromatic rings. The standard InChI is InChI=1S/C13H21NO5/c1-5-8-18-12(17)11(16)9(14)6-7-10(15)19-13(2,3)4/h5,9H,1,6-8,14H2,2-4H3/t9-/m1/s1. The summed E-state index contributed by atoms with van der Waals surface area (Å²) in [7, 11) is 0. The van der Waals surface area contributed by atoms with Crippen molar-refractivity contribution in [2.45, 2.75) is 45.3 Å². The molecule has 0 aliphatic carbocycles. The molecule has 1 atom stereocenters. The molecule has 0 aromatic carbocycles. The lowest BCUT2D eigenvalue weighted by atomic mass is 10.1. The number of ketones is 1. The van der Waals surface area contributed by atoms with Crippen LogP contribution in [0.1, 0.15) is 33.6 Å². The van der Waals surface area contributed by atoms with Crippen LogP contribution >= 0.6 is 0 Å². The minimum atomic E-state index is -1.06. The minimum Gasteiger partial charge on any atom is -0.460 e. The van der Waals surface area contributed by atoms with E-state index in [0.717, 1.165) is 0 Å². The van der Waals surface area contributed by atoms with Crippen molar-refractivity contribution in [2.75, 3.05) is 6.61 Å². The molecular formula is C13H21NO5. The summed E-state index contributed by atoms with van der Waals surface area (Å²) in [6.07, 6.45) is 1.35. The van der Waals surface area contributed by atoms with Gasteiger partial charge in [-0.15, -0.1) is 0 Å². The quantitative estimate of drug-likeness (QED) is 0.416. The van der Waals surface area contributed by atoms with E-state index in [9.17, 15) is 14.4 Å². The summed E-state index contributed by atoms with van der Waals surface area (Å²) in [6, 6.07) is -1.06. The van der Waals surface area contributed by atoms with Gasteiger partial charge in [-0.3, -0.25) is 9.59 Å². The summed E-state index contributed by atoms with van der Waals surface area (Å²) >= 11 is 0. The summed E-state index contributed by atoms with van der Waals surface area (Å²) in [5, 5.41) is 0. The van der Waals surface area contributed by atoms with Crippen LogP contribution in [0.25, 0.3) is 0 Å². The van der Waals surface area contributed by atoms with Gasteiger partial charge in [0.1, 0.15) is 12.2 Å². The largest absolute Gasteiger partial charge is 0.460 e. The van der Waals surface area contributed by atoms with E-state index in [0.29, 0.717) is 0 Å². The Morgan fingerprint density at radius 1 is 1.32 bits per heavy atom. The van der Waals surface area contributed by atoms with Crippen LogP contribution in [0.15, 0.2) is 12.7 Å². The number of esters is 2. The fourth-order valence-corrected chi connectivity index (χ4v) is 1.15. The highest BCUT2D eigenvalue weighted by atomic mass is 16.6. The zero-order valence-electron chi connectivity index (χ0n) is 11.6. The summed E-state index contributed by atoms with van der Waals surface area (Å²) in [5.41, 5.74) is 4.93. The van der Waals surface area contributed by atoms with E-state index >= 15 is 0 Å². The third kappa shape index (κ3) is 8.10. The maximum Gasteiger partial charge on any atom is 0.376 e. The van der Waals surface area contributed by atoms with Crippen LogP contribution in [0.3, 0.4) is 0 Å². The molecule has 108 valence electrons. The Morgan fingerprint density at radius 2 is 1.89 bits per heavy atom. The average Bonchev–Trinajstić information content (AvgIpc) is 2.29. The molecule has 0 bridgehead atoms. The molecule has 0 aromatic heterocycles. The van der Waals surface area contributed by atoms with Crippen molar-refractivity contribution in [1.29, 1.82) is 0 Å². The molecule has 0 aliphatic heterocycles. The number of ether oxygens (including phenoxy) is 2. The number of rotatable bonds is 7. The van der Waals surface area contributed by atoms with Crippen LogP contribution in [-0.4, -0.2) is 36.0 Å². The molecule has 6 nitrogen and oxygen atoms in total. The van der Waals surface area contributed by atoms with Gasteiger partial charge in [0.25, 0.3) is 5.78 Å². The fraction of sp³-hybridized carbons (Fsp3) is 0.615. The maximum atomic E-state index is 11.5. The van der Waals surface area contributed by atoms with E-state index in [2.05, 4.69) is 11.3 Å². The van der Waals surface area contributed by atoms with Crippen molar-refractivity contribution in [3.63, 3.8) is 0 Å². The molecule has 0 unspecified atom stereocenters. The van der Waals surface area contributed by atoms with Crippen LogP contribution in [-0.2, 0) is 23.9 Å². The second-order valence-electron chi connectivity index (χ2n) is 4.98. The first-order valence-corrected chi connectivity index (χ1v) is 5.96. The molecule has 0 fully saturated rings. The first kappa shape index (κ1) is 17.3. The summed E-state index contributed by atoms with van der Waals surface area (Å²) in [4.78, 5) is 34.1. The molecule has 6 heteroatoms. The van der Waals surface area contributed by atoms with Crippen molar-refractivity contribution in [2.24, 2.45) is 5.73 Å². The van der Waals surface area contributed by atoms with Crippen LogP contribution < -0.4 is 5.73 Å². The van der Waals surface area contributed by atoms with Crippen molar-refractivity contribution < 1.29 is 23.9 Å². The molecule has 0 saturated heterocycles. The van der Waals surface area contributed by atoms with Gasteiger partial charge in [0.05, 0.1) is 6.04 Å². The van der Waals surface area contributed by atoms with Crippen LogP contribution in [0.2, 0.25) is 0 Å². The molecule has 0 radical (unpaired) electrons. The molecule has 0 rings (SSSR count). The Kier molecular flexibility index (Phi) is 7.00. The third-order valence-corrected chi connectivity index (χ3v) is 1.95. The van der Waals surface area contributed by atoms with Gasteiger partial charge in [-0.2, -0.15) is 0 Å². The Bertz CT molecular complexity index is 357. The molecular weight excluding hydrogens is 250 g/mol. The van der Waals surface area contributed by atoms with Crippen molar-refractivity contribution in [3.8, 4) is 0 Å². The first-order valence-electron chi connectivity index (χ1n) is 5.96. The summed E-state index contributed by atoms with van der Waals surface area (Å²) in [5.74, 6) is -2.34. The number of Topliss-reactive ketones (excluding diaryl/α,β-unsaturated/α-hetero) is 1. The van der Waals surface area contributed by atoms with E-state index < -0.39 is 29.4 Å². The molecule has 0 amide bonds. The first-order chi connectivity index (χ1) is 8.67. The second kappa shape index (κ2) is 7.68. The number of carbonyl (C=O) groups excluding carboxylic acids is 3. The predicted octanol–water partition coefficient (Wildman–Crippen LogP) is 0.734. The maximum absolute atomic E-state index is 11.5. The number of nitrogens with two attached hydrogens (primary N) is 1. The topological polar surface area (TPSA) is 95.7 Å². The van der Waals surface area contributed by atoms with E-state index in [1.54, 1.807) is 20.8 Å². The Hall–Kier alpha value is -1.69. The van der Waals surface area contributed by atoms with Crippen molar-refractivity contribution >= 4 is 17.7 Å². The molecule has 0 saturated carbocycles. The van der Waals surface area contributed by atoms with Gasteiger partial charge in [0.15, 0.2) is 0 Å². The summed E-state index contributed by atoms with van der Waals surface area (Å²) in [6.45, 7) is 8.51. The monoisotopic (exact) mass is 271 g/mol. The molecule has 0 spiro atoms. The zero-order chi connectivity index (χ0) is 15.1. The number of hydrogen-bond donors (Lipinski definition) is 1. The smallest absolute Gasteiger partial charge is 0.376 e. The van der Waals surface area contributed by atoms with E-state index in [4.69, 9.17) is 10.5 Å². The average molecular weight is 271 g/mol. The minimum absolute atomic E-state index is 0.0289. The Balaban J connectivity index is 4.13. The van der Waals surface area contributed by atoms with E-state index in [1.165, 1.54) is 6.08 Å². The number of carbonyl (C=O) groups is 3. The van der Waals surface area contributed by atoms with Crippen molar-refractivity contribution in [1.82, 2.24) is 0 Å². The SMILES string of the molecule is C=CCOC(=O)C(=O)[C@H](N)CCC(=O)OC(C)(C)C. The Labute approximate surface area is 112 Å². The molecule has 19 heavy (non-hydrogen) atoms. The lowest BCUT2D eigenvalue weighted by Crippen LogP contribution is -2.38. The highest BCUT2D eigenvalue weighted by Crippen LogP contribution is 2.10. The lowest BCUT2D eigenvalue weighted by molar-refractivity contribution is -0.156. The van der Waals surface area contributed by atoms with Gasteiger partial charge in [0, 0.05) is 6.42 Å². The van der Waals surface area contributed by atoms with Crippen LogP contribution in [0.5, 0.6) is 0 Å². The summed E-state index contributed by atoms with van der Waals surface area (Å²) < 4.78 is 9.62. The fourth-order valence-electron chi connectivity index (χ4n) is 1.15. The predicted molar refractivity (Wildman–Crippen MR) is 69.2 cm³/mol. The number of hydrogen-bond acceptors (Lipinski definition) is 6. The van der Waals surface area contributed by atoms with Crippen molar-refractivity contribution in [3.05, 3.63) is 12.7 Å². The third-order valence-electron chi connectivity index (χ3n) is 1.95. The highest BCUT2D eigenvalue weighted by Gasteiger charge is 2.25. The molecule has 2 N–H and O–H groups in total. The van der Waals surface area contributed by atoms with Gasteiger partial charge in [-0.25, -0.2) is 4.79 Å². The van der Waals surface area contributed by atoms with Gasteiger partial charge in [0.2, 0.25) is 0 Å². The van der Waals surface area contributed by atoms with E-state index in [1.807, 2.05) is 0 Å². The van der Waals surface area contributed by atoms with Crippen LogP contribution in [0, 0.1) is 0 Å². The van der Waals surface area contributed by atoms with Crippen LogP contribution in [0.4, 0.5) is 0 Å². The normalized spacial score (nSPS) is 12.4. The van der Waals surface area contributed by atoms with Gasteiger partial charge in [-0.05, 0) is 27.2 Å². The van der Waals surface area contributed by atoms with Gasteiger partial charge >= 0.3 is 11.9 Å². The highest BCUT2D eigenvalue weighted by molar-refractivity contribution is 6.35. The van der Waals surface area contributed by atoms with Gasteiger partial charge < -0.3 is 15.2 Å². The second-order valence-corrected chi connectivity index (χ2v) is 4.98. The Morgan fingerprint density at radius 3 is 2.37 bits per heavy atom. The lowest BCUT2D eigenvalue weighted by Gasteiger charge is -2.19. The van der Waals surface area contributed by atoms with E-state index in [-0.39, 0.29) is 19.4 Å².